The number of nitrogens with one attached hydrogen (secondary N) is 1. The van der Waals surface area contributed by atoms with Crippen molar-refractivity contribution < 1.29 is 0 Å². The number of hydrogen-bond donors (Lipinski definition) is 1. The van der Waals surface area contributed by atoms with Gasteiger partial charge in [-0.25, -0.2) is 0 Å². The largest absolute Gasteiger partial charge is 0.315 e. The van der Waals surface area contributed by atoms with E-state index in [1.165, 1.54) is 75.9 Å². The molecule has 0 bridgehead atoms. The first-order valence-corrected chi connectivity index (χ1v) is 24.2. The van der Waals surface area contributed by atoms with Crippen molar-refractivity contribution in [3.05, 3.63) is 195 Å². The minimum absolute atomic E-state index is 0.176. The van der Waals surface area contributed by atoms with Gasteiger partial charge in [-0.15, -0.1) is 11.3 Å². The van der Waals surface area contributed by atoms with Crippen molar-refractivity contribution in [2.45, 2.75) is 79.9 Å². The van der Waals surface area contributed by atoms with Gasteiger partial charge in [0.2, 0.25) is 0 Å². The molecule has 1 aliphatic heterocycles. The number of rotatable bonds is 7. The fourth-order valence-corrected chi connectivity index (χ4v) is 14.6. The van der Waals surface area contributed by atoms with Gasteiger partial charge in [-0.1, -0.05) is 157 Å². The van der Waals surface area contributed by atoms with Crippen molar-refractivity contribution in [3.8, 4) is 0 Å². The van der Waals surface area contributed by atoms with Gasteiger partial charge in [0.25, 0.3) is 0 Å². The lowest BCUT2D eigenvalue weighted by Gasteiger charge is -2.46. The van der Waals surface area contributed by atoms with Crippen LogP contribution in [0.2, 0.25) is 0 Å². The van der Waals surface area contributed by atoms with Gasteiger partial charge >= 0.3 is 0 Å². The van der Waals surface area contributed by atoms with Gasteiger partial charge in [-0.3, -0.25) is 5.41 Å². The van der Waals surface area contributed by atoms with Gasteiger partial charge in [0.15, 0.2) is 0 Å². The number of aromatic nitrogens is 1. The molecule has 0 saturated carbocycles. The maximum absolute atomic E-state index is 9.74. The molecule has 2 nitrogen and oxygen atoms in total. The van der Waals surface area contributed by atoms with E-state index in [0.29, 0.717) is 23.5 Å². The van der Waals surface area contributed by atoms with Gasteiger partial charge in [0, 0.05) is 43.3 Å². The topological polar surface area (TPSA) is 28.8 Å². The van der Waals surface area contributed by atoms with Gasteiger partial charge in [-0.05, 0) is 121 Å². The highest BCUT2D eigenvalue weighted by atomic mass is 32.2. The smallest absolute Gasteiger partial charge is 0.0747 e. The molecule has 0 fully saturated rings. The van der Waals surface area contributed by atoms with E-state index in [1.807, 2.05) is 11.8 Å². The molecule has 2 aromatic heterocycles. The van der Waals surface area contributed by atoms with E-state index in [1.54, 1.807) is 22.5 Å². The van der Waals surface area contributed by atoms with Crippen LogP contribution in [0, 0.1) is 23.2 Å². The molecule has 0 radical (unpaired) electrons. The summed E-state index contributed by atoms with van der Waals surface area (Å²) < 4.78 is 3.84. The lowest BCUT2D eigenvalue weighted by Crippen LogP contribution is -2.40. The van der Waals surface area contributed by atoms with Gasteiger partial charge in [-0.2, -0.15) is 0 Å². The molecule has 0 amide bonds. The first-order valence-electron chi connectivity index (χ1n) is 22.6. The zero-order valence-corrected chi connectivity index (χ0v) is 36.4. The van der Waals surface area contributed by atoms with Gasteiger partial charge in [0.05, 0.1) is 27.0 Å². The van der Waals surface area contributed by atoms with Crippen molar-refractivity contribution in [1.82, 2.24) is 4.57 Å². The Morgan fingerprint density at radius 3 is 2.56 bits per heavy atom. The molecule has 3 heterocycles. The van der Waals surface area contributed by atoms with E-state index in [-0.39, 0.29) is 5.41 Å². The Bertz CT molecular complexity index is 3090. The van der Waals surface area contributed by atoms with Crippen LogP contribution in [0.1, 0.15) is 79.9 Å². The number of para-hydroxylation sites is 1. The molecule has 300 valence electrons. The number of allylic oxidation sites excluding steroid dienone is 15. The lowest BCUT2D eigenvalue weighted by molar-refractivity contribution is 0.310. The summed E-state index contributed by atoms with van der Waals surface area (Å²) in [5.41, 5.74) is 14.7. The highest BCUT2D eigenvalue weighted by Crippen LogP contribution is 2.66. The van der Waals surface area contributed by atoms with Crippen molar-refractivity contribution in [3.63, 3.8) is 0 Å². The Labute approximate surface area is 367 Å². The molecule has 1 N–H and O–H groups in total. The van der Waals surface area contributed by atoms with Crippen molar-refractivity contribution in [1.29, 1.82) is 5.41 Å². The number of benzene rings is 4. The molecule has 4 heteroatoms. The van der Waals surface area contributed by atoms with Crippen LogP contribution in [0.4, 0.5) is 0 Å². The summed E-state index contributed by atoms with van der Waals surface area (Å²) in [5, 5.41) is 13.7. The maximum atomic E-state index is 9.74. The number of fused-ring (bicyclic) bond motifs is 13. The zero-order chi connectivity index (χ0) is 40.7. The van der Waals surface area contributed by atoms with E-state index in [9.17, 15) is 5.41 Å². The third-order valence-electron chi connectivity index (χ3n) is 14.8. The summed E-state index contributed by atoms with van der Waals surface area (Å²) in [4.78, 5) is 3.94. The van der Waals surface area contributed by atoms with Crippen LogP contribution in [0.25, 0.3) is 38.1 Å². The van der Waals surface area contributed by atoms with Crippen LogP contribution < -0.4 is 0 Å². The van der Waals surface area contributed by atoms with E-state index < -0.39 is 0 Å². The van der Waals surface area contributed by atoms with E-state index >= 15 is 0 Å². The van der Waals surface area contributed by atoms with Gasteiger partial charge < -0.3 is 4.57 Å². The Balaban J connectivity index is 1.02. The molecule has 4 aromatic carbocycles. The molecular weight excluding hydrogens is 777 g/mol. The summed E-state index contributed by atoms with van der Waals surface area (Å²) in [6.07, 6.45) is 35.4. The standard InChI is InChI=1S/C57H50N2S2/c1-2-36(34-45-43-21-9-14-26-51(43)60-55(45)53(58)39-30-28-38(29-31-39)37-16-4-3-5-17-37)35-59-50-25-13-8-20-42(50)44-32-33-49-56(54(44)59)61-52-27-15-12-24-48(52)57(49)46-22-10-6-18-40(46)41-19-7-11-23-47(41)57/h3-6,8-9,11-16,18,20-21,23-28,30,32-33,35,37,40,46,58H,2,7,10,17,19,22,29,31,34H2,1H3/b36-35+,58-53?. The Hall–Kier alpha value is -5.42. The van der Waals surface area contributed by atoms with Crippen LogP contribution in [0.3, 0.4) is 0 Å². The van der Waals surface area contributed by atoms with Crippen molar-refractivity contribution in [2.24, 2.45) is 17.8 Å². The predicted molar refractivity (Wildman–Crippen MR) is 260 cm³/mol. The first kappa shape index (κ1) is 37.4. The molecule has 4 atom stereocenters. The molecule has 1 spiro atoms. The quantitative estimate of drug-likeness (QED) is 0.126. The molecule has 0 saturated heterocycles. The SMILES string of the molecule is CC/C(=C\n1c2ccccc2c2ccc3c(c21)Sc1ccccc1C31C2=C(CCC=C2)C2C=CCCC21)Cc1c(C(=N)C2=CC=C(C3C=CC=CC3)CC2)sc2ccccc12. The summed E-state index contributed by atoms with van der Waals surface area (Å²) >= 11 is 3.80. The Kier molecular flexibility index (Phi) is 9.12. The molecule has 6 aliphatic rings. The van der Waals surface area contributed by atoms with E-state index in [2.05, 4.69) is 163 Å². The first-order chi connectivity index (χ1) is 30.1. The van der Waals surface area contributed by atoms with Gasteiger partial charge in [0.1, 0.15) is 0 Å². The average Bonchev–Trinajstić information content (AvgIpc) is 3.96. The fraction of sp³-hybridized carbons (Fsp3) is 0.246. The minimum Gasteiger partial charge on any atom is -0.315 e. The zero-order valence-electron chi connectivity index (χ0n) is 34.8. The second kappa shape index (κ2) is 14.9. The minimum atomic E-state index is -0.176. The van der Waals surface area contributed by atoms with Crippen LogP contribution in [-0.4, -0.2) is 10.3 Å². The highest BCUT2D eigenvalue weighted by molar-refractivity contribution is 7.99. The number of thiophene rings is 1. The predicted octanol–water partition coefficient (Wildman–Crippen LogP) is 15.6. The maximum Gasteiger partial charge on any atom is 0.0747 e. The third kappa shape index (κ3) is 5.71. The normalized spacial score (nSPS) is 24.0. The van der Waals surface area contributed by atoms with E-state index in [4.69, 9.17) is 0 Å². The van der Waals surface area contributed by atoms with Crippen LogP contribution >= 0.6 is 23.1 Å². The molecule has 6 aromatic rings. The van der Waals surface area contributed by atoms with Crippen LogP contribution in [0.5, 0.6) is 0 Å². The van der Waals surface area contributed by atoms with Crippen LogP contribution in [0.15, 0.2) is 183 Å². The second-order valence-corrected chi connectivity index (χ2v) is 19.9. The number of nitrogens with zero attached hydrogens (tertiary/aromatic N) is 1. The van der Waals surface area contributed by atoms with E-state index in [0.717, 1.165) is 61.8 Å². The van der Waals surface area contributed by atoms with Crippen LogP contribution in [-0.2, 0) is 11.8 Å². The third-order valence-corrected chi connectivity index (χ3v) is 17.3. The van der Waals surface area contributed by atoms with Crippen molar-refractivity contribution >= 4 is 66.9 Å². The molecule has 61 heavy (non-hydrogen) atoms. The fourth-order valence-electron chi connectivity index (χ4n) is 12.0. The monoisotopic (exact) mass is 826 g/mol. The Morgan fingerprint density at radius 2 is 1.69 bits per heavy atom. The molecular formula is C57H50N2S2. The Morgan fingerprint density at radius 1 is 0.820 bits per heavy atom. The highest BCUT2D eigenvalue weighted by Gasteiger charge is 2.57. The number of hydrogen-bond acceptors (Lipinski definition) is 3. The second-order valence-electron chi connectivity index (χ2n) is 17.8. The average molecular weight is 827 g/mol. The molecule has 4 unspecified atom stereocenters. The summed E-state index contributed by atoms with van der Waals surface area (Å²) in [5.74, 6) is 1.48. The molecule has 5 aliphatic carbocycles. The molecule has 12 rings (SSSR count). The summed E-state index contributed by atoms with van der Waals surface area (Å²) in [6.45, 7) is 2.32. The lowest BCUT2D eigenvalue weighted by atomic mass is 9.60. The summed E-state index contributed by atoms with van der Waals surface area (Å²) in [7, 11) is 0. The summed E-state index contributed by atoms with van der Waals surface area (Å²) in [6, 6.07) is 32.3. The van der Waals surface area contributed by atoms with Crippen molar-refractivity contribution in [2.75, 3.05) is 0 Å².